The van der Waals surface area contributed by atoms with Crippen molar-refractivity contribution in [2.24, 2.45) is 5.92 Å². The van der Waals surface area contributed by atoms with Crippen molar-refractivity contribution >= 4 is 15.9 Å². The van der Waals surface area contributed by atoms with Crippen LogP contribution in [-0.4, -0.2) is 12.6 Å². The zero-order valence-electron chi connectivity index (χ0n) is 11.6. The van der Waals surface area contributed by atoms with Crippen molar-refractivity contribution in [3.05, 3.63) is 34.1 Å². The quantitative estimate of drug-likeness (QED) is 0.827. The van der Waals surface area contributed by atoms with Crippen molar-refractivity contribution < 1.29 is 4.39 Å². The SMILES string of the molecule is CCNC(Cc1cccc(F)c1Br)C1CCCCC1. The molecule has 1 aromatic rings. The lowest BCUT2D eigenvalue weighted by Gasteiger charge is -2.31. The number of rotatable bonds is 5. The van der Waals surface area contributed by atoms with E-state index in [2.05, 4.69) is 28.2 Å². The molecule has 1 atom stereocenters. The van der Waals surface area contributed by atoms with Crippen molar-refractivity contribution in [2.45, 2.75) is 51.5 Å². The van der Waals surface area contributed by atoms with E-state index in [0.29, 0.717) is 10.5 Å². The van der Waals surface area contributed by atoms with Gasteiger partial charge < -0.3 is 5.32 Å². The maximum Gasteiger partial charge on any atom is 0.137 e. The molecule has 106 valence electrons. The first-order valence-electron chi connectivity index (χ1n) is 7.38. The van der Waals surface area contributed by atoms with Crippen molar-refractivity contribution in [2.75, 3.05) is 6.54 Å². The molecule has 1 nitrogen and oxygen atoms in total. The summed E-state index contributed by atoms with van der Waals surface area (Å²) >= 11 is 3.38. The lowest BCUT2D eigenvalue weighted by Crippen LogP contribution is -2.39. The lowest BCUT2D eigenvalue weighted by molar-refractivity contribution is 0.269. The summed E-state index contributed by atoms with van der Waals surface area (Å²) in [6.07, 6.45) is 7.60. The molecule has 1 saturated carbocycles. The van der Waals surface area contributed by atoms with Crippen LogP contribution in [0.25, 0.3) is 0 Å². The molecule has 0 saturated heterocycles. The van der Waals surface area contributed by atoms with Crippen LogP contribution in [0.3, 0.4) is 0 Å². The molecule has 1 aliphatic carbocycles. The third kappa shape index (κ3) is 4.03. The maximum absolute atomic E-state index is 13.6. The van der Waals surface area contributed by atoms with Crippen LogP contribution in [-0.2, 0) is 6.42 Å². The Morgan fingerprint density at radius 3 is 2.74 bits per heavy atom. The predicted molar refractivity (Wildman–Crippen MR) is 81.8 cm³/mol. The third-order valence-corrected chi connectivity index (χ3v) is 5.04. The van der Waals surface area contributed by atoms with Gasteiger partial charge in [-0.2, -0.15) is 0 Å². The molecule has 0 radical (unpaired) electrons. The van der Waals surface area contributed by atoms with Gasteiger partial charge in [-0.25, -0.2) is 4.39 Å². The van der Waals surface area contributed by atoms with E-state index in [4.69, 9.17) is 0 Å². The smallest absolute Gasteiger partial charge is 0.137 e. The van der Waals surface area contributed by atoms with Crippen LogP contribution >= 0.6 is 15.9 Å². The summed E-state index contributed by atoms with van der Waals surface area (Å²) in [4.78, 5) is 0. The minimum Gasteiger partial charge on any atom is -0.314 e. The van der Waals surface area contributed by atoms with Crippen molar-refractivity contribution in [3.8, 4) is 0 Å². The summed E-state index contributed by atoms with van der Waals surface area (Å²) in [5.41, 5.74) is 1.08. The van der Waals surface area contributed by atoms with Crippen molar-refractivity contribution in [1.82, 2.24) is 5.32 Å². The first-order valence-corrected chi connectivity index (χ1v) is 8.18. The number of hydrogen-bond donors (Lipinski definition) is 1. The largest absolute Gasteiger partial charge is 0.314 e. The molecule has 0 bridgehead atoms. The fraction of sp³-hybridized carbons (Fsp3) is 0.625. The topological polar surface area (TPSA) is 12.0 Å². The highest BCUT2D eigenvalue weighted by molar-refractivity contribution is 9.10. The van der Waals surface area contributed by atoms with E-state index in [1.54, 1.807) is 6.07 Å². The Balaban J connectivity index is 2.08. The van der Waals surface area contributed by atoms with Gasteiger partial charge >= 0.3 is 0 Å². The highest BCUT2D eigenvalue weighted by Crippen LogP contribution is 2.30. The Kier molecular flexibility index (Phi) is 5.83. The minimum absolute atomic E-state index is 0.156. The lowest BCUT2D eigenvalue weighted by atomic mass is 9.81. The van der Waals surface area contributed by atoms with E-state index in [9.17, 15) is 4.39 Å². The minimum atomic E-state index is -0.156. The average Bonchev–Trinajstić information content (AvgIpc) is 2.44. The van der Waals surface area contributed by atoms with E-state index in [0.717, 1.165) is 24.4 Å². The molecule has 0 aliphatic heterocycles. The second-order valence-electron chi connectivity index (χ2n) is 5.48. The van der Waals surface area contributed by atoms with Gasteiger partial charge in [0, 0.05) is 6.04 Å². The van der Waals surface area contributed by atoms with Gasteiger partial charge in [-0.3, -0.25) is 0 Å². The molecular formula is C16H23BrFN. The summed E-state index contributed by atoms with van der Waals surface area (Å²) in [5.74, 6) is 0.584. The fourth-order valence-electron chi connectivity index (χ4n) is 3.15. The Hall–Kier alpha value is -0.410. The molecule has 0 spiro atoms. The predicted octanol–water partition coefficient (Wildman–Crippen LogP) is 4.69. The Labute approximate surface area is 124 Å². The molecule has 1 aliphatic rings. The monoisotopic (exact) mass is 327 g/mol. The van der Waals surface area contributed by atoms with Crippen LogP contribution < -0.4 is 5.32 Å². The van der Waals surface area contributed by atoms with Crippen molar-refractivity contribution in [1.29, 1.82) is 0 Å². The molecule has 2 rings (SSSR count). The van der Waals surface area contributed by atoms with Gasteiger partial charge in [-0.05, 0) is 59.3 Å². The maximum atomic E-state index is 13.6. The van der Waals surface area contributed by atoms with E-state index in [1.165, 1.54) is 38.2 Å². The second kappa shape index (κ2) is 7.39. The zero-order chi connectivity index (χ0) is 13.7. The van der Waals surface area contributed by atoms with Gasteiger partial charge in [0.25, 0.3) is 0 Å². The number of halogens is 2. The van der Waals surface area contributed by atoms with Crippen molar-refractivity contribution in [3.63, 3.8) is 0 Å². The van der Waals surface area contributed by atoms with Crippen LogP contribution in [0.1, 0.15) is 44.6 Å². The Morgan fingerprint density at radius 2 is 2.05 bits per heavy atom. The van der Waals surface area contributed by atoms with E-state index in [-0.39, 0.29) is 5.82 Å². The van der Waals surface area contributed by atoms with E-state index < -0.39 is 0 Å². The van der Waals surface area contributed by atoms with Crippen LogP contribution in [0.2, 0.25) is 0 Å². The zero-order valence-corrected chi connectivity index (χ0v) is 13.2. The molecule has 0 aromatic heterocycles. The van der Waals surface area contributed by atoms with Crippen LogP contribution in [0.4, 0.5) is 4.39 Å². The highest BCUT2D eigenvalue weighted by atomic mass is 79.9. The summed E-state index contributed by atoms with van der Waals surface area (Å²) in [6, 6.07) is 5.82. The average molecular weight is 328 g/mol. The van der Waals surface area contributed by atoms with Gasteiger partial charge in [-0.15, -0.1) is 0 Å². The molecule has 0 amide bonds. The number of nitrogens with one attached hydrogen (secondary N) is 1. The molecule has 1 aromatic carbocycles. The molecule has 19 heavy (non-hydrogen) atoms. The Morgan fingerprint density at radius 1 is 1.32 bits per heavy atom. The Bertz CT molecular complexity index is 402. The number of benzene rings is 1. The highest BCUT2D eigenvalue weighted by Gasteiger charge is 2.24. The molecule has 1 unspecified atom stereocenters. The molecular weight excluding hydrogens is 305 g/mol. The number of hydrogen-bond acceptors (Lipinski definition) is 1. The van der Waals surface area contributed by atoms with Gasteiger partial charge in [0.15, 0.2) is 0 Å². The van der Waals surface area contributed by atoms with E-state index in [1.807, 2.05) is 6.07 Å². The normalized spacial score (nSPS) is 18.5. The van der Waals surface area contributed by atoms with Crippen LogP contribution in [0.5, 0.6) is 0 Å². The van der Waals surface area contributed by atoms with Gasteiger partial charge in [0.05, 0.1) is 4.47 Å². The fourth-order valence-corrected chi connectivity index (χ4v) is 3.57. The third-order valence-electron chi connectivity index (χ3n) is 4.16. The molecule has 1 N–H and O–H groups in total. The summed E-state index contributed by atoms with van der Waals surface area (Å²) < 4.78 is 14.2. The molecule has 1 fully saturated rings. The molecule has 0 heterocycles. The van der Waals surface area contributed by atoms with Crippen LogP contribution in [0, 0.1) is 11.7 Å². The summed E-state index contributed by atoms with van der Waals surface area (Å²) in [6.45, 7) is 3.13. The summed E-state index contributed by atoms with van der Waals surface area (Å²) in [7, 11) is 0. The first kappa shape index (κ1) is 15.0. The van der Waals surface area contributed by atoms with Gasteiger partial charge in [0.2, 0.25) is 0 Å². The second-order valence-corrected chi connectivity index (χ2v) is 6.27. The van der Waals surface area contributed by atoms with Gasteiger partial charge in [0.1, 0.15) is 5.82 Å². The molecule has 3 heteroatoms. The summed E-state index contributed by atoms with van der Waals surface area (Å²) in [5, 5.41) is 3.60. The number of likely N-dealkylation sites (N-methyl/N-ethyl adjacent to an activating group) is 1. The first-order chi connectivity index (χ1) is 9.22. The van der Waals surface area contributed by atoms with Gasteiger partial charge in [-0.1, -0.05) is 38.3 Å². The van der Waals surface area contributed by atoms with Crippen LogP contribution in [0.15, 0.2) is 22.7 Å². The standard InChI is InChI=1S/C16H23BrFN/c1-2-19-15(12-7-4-3-5-8-12)11-13-9-6-10-14(18)16(13)17/h6,9-10,12,15,19H,2-5,7-8,11H2,1H3. The van der Waals surface area contributed by atoms with E-state index >= 15 is 0 Å².